The van der Waals surface area contributed by atoms with Crippen LogP contribution in [0.25, 0.3) is 0 Å². The molecule has 0 radical (unpaired) electrons. The summed E-state index contributed by atoms with van der Waals surface area (Å²) in [6.07, 6.45) is 16.7. The summed E-state index contributed by atoms with van der Waals surface area (Å²) in [7, 11) is -3.35. The van der Waals surface area contributed by atoms with Crippen molar-refractivity contribution in [1.82, 2.24) is 0 Å². The van der Waals surface area contributed by atoms with Gasteiger partial charge in [-0.15, -0.1) is 0 Å². The van der Waals surface area contributed by atoms with Gasteiger partial charge in [-0.1, -0.05) is 53.9 Å². The minimum atomic E-state index is -3.35. The molecule has 9 atom stereocenters. The lowest BCUT2D eigenvalue weighted by molar-refractivity contribution is -0.126. The maximum atomic E-state index is 11.7. The minimum Gasteiger partial charge on any atom is -0.267 e. The summed E-state index contributed by atoms with van der Waals surface area (Å²) in [4.78, 5) is 0. The van der Waals surface area contributed by atoms with Gasteiger partial charge in [0.05, 0.1) is 12.4 Å². The molecule has 0 bridgehead atoms. The third kappa shape index (κ3) is 4.70. The molecule has 0 saturated heterocycles. The molecular formula is C28H50O3S. The lowest BCUT2D eigenvalue weighted by atomic mass is 9.44. The zero-order valence-electron chi connectivity index (χ0n) is 21.7. The van der Waals surface area contributed by atoms with Crippen molar-refractivity contribution >= 4 is 10.1 Å². The number of hydrogen-bond acceptors (Lipinski definition) is 3. The van der Waals surface area contributed by atoms with Crippen molar-refractivity contribution in [2.45, 2.75) is 118 Å². The maximum Gasteiger partial charge on any atom is 0.264 e. The Bertz CT molecular complexity index is 761. The minimum absolute atomic E-state index is 0.0870. The summed E-state index contributed by atoms with van der Waals surface area (Å²) >= 11 is 0. The lowest BCUT2D eigenvalue weighted by Crippen LogP contribution is -2.54. The first-order valence-electron chi connectivity index (χ1n) is 13.8. The van der Waals surface area contributed by atoms with E-state index in [1.54, 1.807) is 0 Å². The van der Waals surface area contributed by atoms with Crippen LogP contribution >= 0.6 is 0 Å². The summed E-state index contributed by atoms with van der Waals surface area (Å²) in [6, 6.07) is 0. The molecule has 0 aromatic carbocycles. The van der Waals surface area contributed by atoms with E-state index < -0.39 is 10.1 Å². The molecule has 32 heavy (non-hydrogen) atoms. The molecule has 4 rings (SSSR count). The second-order valence-corrected chi connectivity index (χ2v) is 15.0. The van der Waals surface area contributed by atoms with Crippen LogP contribution in [-0.4, -0.2) is 20.8 Å². The molecule has 0 spiro atoms. The van der Waals surface area contributed by atoms with Crippen molar-refractivity contribution in [1.29, 1.82) is 0 Å². The normalized spacial score (nSPS) is 45.2. The Labute approximate surface area is 199 Å². The molecule has 4 aliphatic rings. The highest BCUT2D eigenvalue weighted by molar-refractivity contribution is 7.86. The van der Waals surface area contributed by atoms with Crippen LogP contribution in [0.2, 0.25) is 0 Å². The molecule has 4 heteroatoms. The van der Waals surface area contributed by atoms with Crippen molar-refractivity contribution < 1.29 is 12.6 Å². The Kier molecular flexibility index (Phi) is 7.17. The van der Waals surface area contributed by atoms with Gasteiger partial charge in [-0.3, -0.25) is 4.18 Å². The van der Waals surface area contributed by atoms with E-state index in [1.165, 1.54) is 64.0 Å². The highest BCUT2D eigenvalue weighted by Gasteiger charge is 2.60. The monoisotopic (exact) mass is 466 g/mol. The van der Waals surface area contributed by atoms with Crippen molar-refractivity contribution in [3.63, 3.8) is 0 Å². The lowest BCUT2D eigenvalue weighted by Gasteiger charge is -2.61. The number of rotatable bonds is 7. The second-order valence-electron chi connectivity index (χ2n) is 13.4. The van der Waals surface area contributed by atoms with Crippen molar-refractivity contribution in [2.24, 2.45) is 52.3 Å². The average molecular weight is 467 g/mol. The number of hydrogen-bond donors (Lipinski definition) is 0. The molecule has 4 aliphatic carbocycles. The smallest absolute Gasteiger partial charge is 0.264 e. The standard InChI is InChI=1S/C28H50O3S/c1-19(2)8-7-9-20(3)24-12-13-25-23-11-10-21-18-22(31-32(6,29)30)14-16-27(21,4)26(23)15-17-28(24,25)5/h19-26H,7-18H2,1-6H3. The van der Waals surface area contributed by atoms with Crippen LogP contribution in [0, 0.1) is 52.3 Å². The molecule has 0 aromatic rings. The zero-order chi connectivity index (χ0) is 23.3. The molecule has 0 aromatic heterocycles. The van der Waals surface area contributed by atoms with Gasteiger partial charge >= 0.3 is 0 Å². The van der Waals surface area contributed by atoms with Gasteiger partial charge in [0.1, 0.15) is 0 Å². The van der Waals surface area contributed by atoms with E-state index in [0.29, 0.717) is 16.7 Å². The van der Waals surface area contributed by atoms with Crippen molar-refractivity contribution in [3.8, 4) is 0 Å². The Morgan fingerprint density at radius 2 is 1.56 bits per heavy atom. The second kappa shape index (κ2) is 9.17. The maximum absolute atomic E-state index is 11.7. The van der Waals surface area contributed by atoms with E-state index in [-0.39, 0.29) is 6.10 Å². The SMILES string of the molecule is CC(C)CCCC(C)C1CCC2C3CCC4CC(OS(C)(=O)=O)CCC4(C)C3CCC12C. The quantitative estimate of drug-likeness (QED) is 0.366. The Hall–Kier alpha value is -0.0900. The van der Waals surface area contributed by atoms with Gasteiger partial charge in [0.2, 0.25) is 0 Å². The highest BCUT2D eigenvalue weighted by atomic mass is 32.2. The van der Waals surface area contributed by atoms with E-state index in [4.69, 9.17) is 4.18 Å². The summed E-state index contributed by atoms with van der Waals surface area (Å²) < 4.78 is 28.8. The molecule has 0 N–H and O–H groups in total. The highest BCUT2D eigenvalue weighted by Crippen LogP contribution is 2.68. The Morgan fingerprint density at radius 1 is 0.875 bits per heavy atom. The van der Waals surface area contributed by atoms with Crippen LogP contribution in [0.4, 0.5) is 0 Å². The van der Waals surface area contributed by atoms with Gasteiger partial charge in [-0.2, -0.15) is 8.42 Å². The number of fused-ring (bicyclic) bond motifs is 5. The molecule has 0 amide bonds. The van der Waals surface area contributed by atoms with Gasteiger partial charge in [-0.25, -0.2) is 0 Å². The predicted molar refractivity (Wildman–Crippen MR) is 133 cm³/mol. The average Bonchev–Trinajstić information content (AvgIpc) is 3.04. The fourth-order valence-electron chi connectivity index (χ4n) is 9.58. The Balaban J connectivity index is 1.43. The van der Waals surface area contributed by atoms with E-state index in [0.717, 1.165) is 54.8 Å². The largest absolute Gasteiger partial charge is 0.267 e. The van der Waals surface area contributed by atoms with E-state index >= 15 is 0 Å². The fourth-order valence-corrected chi connectivity index (χ4v) is 10.2. The van der Waals surface area contributed by atoms with Crippen LogP contribution in [0.5, 0.6) is 0 Å². The Morgan fingerprint density at radius 3 is 2.25 bits per heavy atom. The van der Waals surface area contributed by atoms with Gasteiger partial charge < -0.3 is 0 Å². The van der Waals surface area contributed by atoms with Gasteiger partial charge in [0, 0.05) is 0 Å². The predicted octanol–water partition coefficient (Wildman–Crippen LogP) is 7.45. The topological polar surface area (TPSA) is 43.4 Å². The summed E-state index contributed by atoms with van der Waals surface area (Å²) in [5.74, 6) is 5.92. The van der Waals surface area contributed by atoms with Crippen LogP contribution in [0.15, 0.2) is 0 Å². The van der Waals surface area contributed by atoms with Crippen LogP contribution in [0.3, 0.4) is 0 Å². The van der Waals surface area contributed by atoms with Gasteiger partial charge in [-0.05, 0) is 110 Å². The van der Waals surface area contributed by atoms with Gasteiger partial charge in [0.25, 0.3) is 10.1 Å². The summed E-state index contributed by atoms with van der Waals surface area (Å²) in [5.41, 5.74) is 0.945. The fraction of sp³-hybridized carbons (Fsp3) is 1.00. The van der Waals surface area contributed by atoms with Crippen molar-refractivity contribution in [3.05, 3.63) is 0 Å². The molecule has 0 aliphatic heterocycles. The van der Waals surface area contributed by atoms with Crippen LogP contribution in [0.1, 0.15) is 112 Å². The van der Waals surface area contributed by atoms with Gasteiger partial charge in [0.15, 0.2) is 0 Å². The molecule has 4 fully saturated rings. The molecule has 4 saturated carbocycles. The first-order valence-corrected chi connectivity index (χ1v) is 15.6. The third-order valence-corrected chi connectivity index (χ3v) is 11.8. The molecule has 0 heterocycles. The summed E-state index contributed by atoms with van der Waals surface area (Å²) in [5, 5.41) is 0. The molecule has 186 valence electrons. The first kappa shape index (κ1) is 25.0. The summed E-state index contributed by atoms with van der Waals surface area (Å²) in [6.45, 7) is 12.5. The molecular weight excluding hydrogens is 416 g/mol. The first-order chi connectivity index (χ1) is 14.9. The van der Waals surface area contributed by atoms with Crippen LogP contribution < -0.4 is 0 Å². The zero-order valence-corrected chi connectivity index (χ0v) is 22.6. The molecule has 3 nitrogen and oxygen atoms in total. The molecule has 9 unspecified atom stereocenters. The van der Waals surface area contributed by atoms with E-state index in [2.05, 4.69) is 34.6 Å². The van der Waals surface area contributed by atoms with Crippen LogP contribution in [-0.2, 0) is 14.3 Å². The third-order valence-electron chi connectivity index (χ3n) is 11.1. The van der Waals surface area contributed by atoms with Crippen molar-refractivity contribution in [2.75, 3.05) is 6.26 Å². The van der Waals surface area contributed by atoms with E-state index in [9.17, 15) is 8.42 Å². The van der Waals surface area contributed by atoms with E-state index in [1.807, 2.05) is 0 Å².